The van der Waals surface area contributed by atoms with E-state index in [1.807, 2.05) is 39.8 Å². The zero-order valence-corrected chi connectivity index (χ0v) is 18.6. The molecule has 0 spiro atoms. The van der Waals surface area contributed by atoms with E-state index < -0.39 is 0 Å². The Kier molecular flexibility index (Phi) is 9.18. The number of benzene rings is 2. The minimum absolute atomic E-state index is 0.0787. The summed E-state index contributed by atoms with van der Waals surface area (Å²) in [5.74, 6) is 0.483. The summed E-state index contributed by atoms with van der Waals surface area (Å²) in [6.07, 6.45) is 6.07. The van der Waals surface area contributed by atoms with Crippen LogP contribution in [0.2, 0.25) is 0 Å². The summed E-state index contributed by atoms with van der Waals surface area (Å²) in [5.41, 5.74) is 5.60. The van der Waals surface area contributed by atoms with Gasteiger partial charge in [0.2, 0.25) is 0 Å². The van der Waals surface area contributed by atoms with E-state index in [1.54, 1.807) is 12.1 Å². The predicted octanol–water partition coefficient (Wildman–Crippen LogP) is 7.13. The van der Waals surface area contributed by atoms with E-state index in [0.29, 0.717) is 12.2 Å². The summed E-state index contributed by atoms with van der Waals surface area (Å²) in [6.45, 7) is 14.3. The van der Waals surface area contributed by atoms with Crippen LogP contribution in [0.15, 0.2) is 42.5 Å². The number of aromatic hydroxyl groups is 1. The van der Waals surface area contributed by atoms with Crippen molar-refractivity contribution < 1.29 is 9.90 Å². The number of phenols is 1. The molecular formula is C26H36O2. The van der Waals surface area contributed by atoms with Gasteiger partial charge in [-0.15, -0.1) is 0 Å². The van der Waals surface area contributed by atoms with Gasteiger partial charge < -0.3 is 5.11 Å². The summed E-state index contributed by atoms with van der Waals surface area (Å²) in [6, 6.07) is 12.5. The van der Waals surface area contributed by atoms with Crippen LogP contribution in [-0.4, -0.2) is 10.9 Å². The van der Waals surface area contributed by atoms with Crippen molar-refractivity contribution in [3.05, 3.63) is 70.3 Å². The maximum Gasteiger partial charge on any atom is 0.155 e. The van der Waals surface area contributed by atoms with E-state index in [9.17, 15) is 9.90 Å². The molecule has 0 amide bonds. The number of carbonyl (C=O) groups excluding carboxylic acids is 1. The van der Waals surface area contributed by atoms with Gasteiger partial charge in [0.1, 0.15) is 5.75 Å². The lowest BCUT2D eigenvalue weighted by molar-refractivity contribution is -0.114. The van der Waals surface area contributed by atoms with Gasteiger partial charge in [0.25, 0.3) is 0 Å². The lowest BCUT2D eigenvalue weighted by Gasteiger charge is -2.34. The van der Waals surface area contributed by atoms with E-state index >= 15 is 0 Å². The topological polar surface area (TPSA) is 37.3 Å². The van der Waals surface area contributed by atoms with Crippen molar-refractivity contribution in [1.82, 2.24) is 0 Å². The molecule has 0 bridgehead atoms. The van der Waals surface area contributed by atoms with Gasteiger partial charge >= 0.3 is 0 Å². The fraction of sp³-hybridized carbons (Fsp3) is 0.423. The molecule has 2 nitrogen and oxygen atoms in total. The molecule has 0 aliphatic rings. The lowest BCUT2D eigenvalue weighted by atomic mass is 9.70. The first-order valence-corrected chi connectivity index (χ1v) is 10.5. The van der Waals surface area contributed by atoms with Crippen LogP contribution in [0.25, 0.3) is 6.08 Å². The second kappa shape index (κ2) is 10.8. The maximum atomic E-state index is 11.6. The zero-order chi connectivity index (χ0) is 21.3. The molecule has 0 radical (unpaired) electrons. The first-order chi connectivity index (χ1) is 13.4. The molecule has 0 saturated heterocycles. The Morgan fingerprint density at radius 1 is 0.929 bits per heavy atom. The number of rotatable bonds is 7. The second-order valence-electron chi connectivity index (χ2n) is 7.02. The molecule has 2 aromatic carbocycles. The summed E-state index contributed by atoms with van der Waals surface area (Å²) in [4.78, 5) is 11.6. The Balaban J connectivity index is 0.00000190. The second-order valence-corrected chi connectivity index (χ2v) is 7.02. The normalized spacial score (nSPS) is 11.2. The van der Waals surface area contributed by atoms with Crippen molar-refractivity contribution in [3.63, 3.8) is 0 Å². The van der Waals surface area contributed by atoms with Crippen molar-refractivity contribution in [1.29, 1.82) is 0 Å². The molecule has 0 fully saturated rings. The average Bonchev–Trinajstić information content (AvgIpc) is 2.72. The van der Waals surface area contributed by atoms with Gasteiger partial charge in [-0.1, -0.05) is 71.0 Å². The third kappa shape index (κ3) is 5.13. The van der Waals surface area contributed by atoms with Crippen LogP contribution < -0.4 is 0 Å². The monoisotopic (exact) mass is 380 g/mol. The highest BCUT2D eigenvalue weighted by atomic mass is 16.3. The minimum Gasteiger partial charge on any atom is -0.508 e. The fourth-order valence-electron chi connectivity index (χ4n) is 3.65. The molecule has 0 atom stereocenters. The molecule has 152 valence electrons. The molecule has 1 N–H and O–H groups in total. The van der Waals surface area contributed by atoms with Crippen LogP contribution in [0.1, 0.15) is 81.7 Å². The summed E-state index contributed by atoms with van der Waals surface area (Å²) < 4.78 is 0. The molecule has 0 saturated carbocycles. The first kappa shape index (κ1) is 23.7. The Bertz CT molecular complexity index is 811. The van der Waals surface area contributed by atoms with Crippen LogP contribution in [0.5, 0.6) is 5.75 Å². The highest BCUT2D eigenvalue weighted by molar-refractivity contribution is 5.93. The number of allylic oxidation sites excluding steroid dienone is 1. The number of ketones is 1. The Morgan fingerprint density at radius 3 is 1.93 bits per heavy atom. The van der Waals surface area contributed by atoms with Gasteiger partial charge in [-0.05, 0) is 66.6 Å². The van der Waals surface area contributed by atoms with Gasteiger partial charge in [0, 0.05) is 11.8 Å². The van der Waals surface area contributed by atoms with Gasteiger partial charge in [-0.25, -0.2) is 0 Å². The third-order valence-corrected chi connectivity index (χ3v) is 5.58. The molecule has 0 aliphatic heterocycles. The molecule has 0 heterocycles. The summed E-state index contributed by atoms with van der Waals surface area (Å²) in [7, 11) is 0. The summed E-state index contributed by atoms with van der Waals surface area (Å²) >= 11 is 0. The Morgan fingerprint density at radius 2 is 1.46 bits per heavy atom. The SMILES string of the molecule is CC.CCC(=O)/C=C/c1ccc(C(CC)(CC)c2ccc(O)c(C)c2)cc1C. The van der Waals surface area contributed by atoms with Gasteiger partial charge in [0.15, 0.2) is 5.78 Å². The largest absolute Gasteiger partial charge is 0.508 e. The van der Waals surface area contributed by atoms with Crippen LogP contribution in [0, 0.1) is 13.8 Å². The Hall–Kier alpha value is -2.35. The molecule has 2 aromatic rings. The van der Waals surface area contributed by atoms with Crippen molar-refractivity contribution in [2.75, 3.05) is 0 Å². The number of aryl methyl sites for hydroxylation is 2. The van der Waals surface area contributed by atoms with E-state index in [2.05, 4.69) is 45.0 Å². The quantitative estimate of drug-likeness (QED) is 0.519. The van der Waals surface area contributed by atoms with E-state index in [-0.39, 0.29) is 11.2 Å². The molecule has 0 unspecified atom stereocenters. The first-order valence-electron chi connectivity index (χ1n) is 10.5. The highest BCUT2D eigenvalue weighted by Gasteiger charge is 2.31. The van der Waals surface area contributed by atoms with Crippen LogP contribution >= 0.6 is 0 Å². The molecular weight excluding hydrogens is 344 g/mol. The van der Waals surface area contributed by atoms with Gasteiger partial charge in [-0.2, -0.15) is 0 Å². The van der Waals surface area contributed by atoms with Crippen molar-refractivity contribution in [3.8, 4) is 5.75 Å². The minimum atomic E-state index is -0.0787. The number of hydrogen-bond donors (Lipinski definition) is 1. The number of hydrogen-bond acceptors (Lipinski definition) is 2. The van der Waals surface area contributed by atoms with E-state index in [4.69, 9.17) is 0 Å². The summed E-state index contributed by atoms with van der Waals surface area (Å²) in [5, 5.41) is 9.89. The van der Waals surface area contributed by atoms with Crippen molar-refractivity contribution in [2.45, 2.75) is 73.1 Å². The molecule has 2 heteroatoms. The molecule has 2 rings (SSSR count). The van der Waals surface area contributed by atoms with Crippen molar-refractivity contribution in [2.24, 2.45) is 0 Å². The van der Waals surface area contributed by atoms with Crippen molar-refractivity contribution >= 4 is 11.9 Å². The van der Waals surface area contributed by atoms with E-state index in [0.717, 1.165) is 24.0 Å². The van der Waals surface area contributed by atoms with Crippen LogP contribution in [-0.2, 0) is 10.2 Å². The van der Waals surface area contributed by atoms with Crippen LogP contribution in [0.4, 0.5) is 0 Å². The van der Waals surface area contributed by atoms with Gasteiger partial charge in [0.05, 0.1) is 0 Å². The molecule has 0 aliphatic carbocycles. The van der Waals surface area contributed by atoms with E-state index in [1.165, 1.54) is 16.7 Å². The number of phenolic OH excluding ortho intramolecular Hbond substituents is 1. The molecule has 0 aromatic heterocycles. The zero-order valence-electron chi connectivity index (χ0n) is 18.6. The highest BCUT2D eigenvalue weighted by Crippen LogP contribution is 2.40. The number of carbonyl (C=O) groups is 1. The average molecular weight is 381 g/mol. The molecule has 28 heavy (non-hydrogen) atoms. The smallest absolute Gasteiger partial charge is 0.155 e. The Labute approximate surface area is 171 Å². The fourth-order valence-corrected chi connectivity index (χ4v) is 3.65. The maximum absolute atomic E-state index is 11.6. The van der Waals surface area contributed by atoms with Gasteiger partial charge in [-0.3, -0.25) is 4.79 Å². The standard InChI is InChI=1S/C24H30O2.C2H6/c1-6-22(25)13-10-19-9-11-20(15-17(19)4)24(7-2,8-3)21-12-14-23(26)18(5)16-21;1-2/h9-16,26H,6-8H2,1-5H3;1-2H3/b13-10+;. The van der Waals surface area contributed by atoms with Crippen LogP contribution in [0.3, 0.4) is 0 Å². The lowest BCUT2D eigenvalue weighted by Crippen LogP contribution is -2.26. The predicted molar refractivity (Wildman–Crippen MR) is 121 cm³/mol. The third-order valence-electron chi connectivity index (χ3n) is 5.58.